The van der Waals surface area contributed by atoms with Crippen LogP contribution in [0.15, 0.2) is 42.6 Å². The van der Waals surface area contributed by atoms with E-state index in [2.05, 4.69) is 16.0 Å². The summed E-state index contributed by atoms with van der Waals surface area (Å²) in [7, 11) is 1.66. The van der Waals surface area contributed by atoms with E-state index in [0.717, 1.165) is 48.6 Å². The largest absolute Gasteiger partial charge is 0.497 e. The minimum Gasteiger partial charge on any atom is -0.497 e. The molecule has 1 fully saturated rings. The quantitative estimate of drug-likeness (QED) is 0.942. The molecule has 1 aromatic heterocycles. The number of pyridine rings is 1. The Morgan fingerprint density at radius 2 is 1.91 bits per heavy atom. The minimum absolute atomic E-state index is 0.00847. The Bertz CT molecular complexity index is 677. The van der Waals surface area contributed by atoms with E-state index in [0.29, 0.717) is 0 Å². The molecule has 0 saturated carbocycles. The van der Waals surface area contributed by atoms with Gasteiger partial charge in [-0.2, -0.15) is 0 Å². The maximum Gasteiger partial charge on any atom is 0.220 e. The number of benzene rings is 1. The van der Waals surface area contributed by atoms with Crippen LogP contribution in [0.2, 0.25) is 0 Å². The van der Waals surface area contributed by atoms with Gasteiger partial charge >= 0.3 is 0 Å². The number of ether oxygens (including phenoxy) is 1. The van der Waals surface area contributed by atoms with Crippen molar-refractivity contribution < 1.29 is 9.53 Å². The van der Waals surface area contributed by atoms with Crippen LogP contribution in [0.1, 0.15) is 12.8 Å². The fourth-order valence-corrected chi connectivity index (χ4v) is 2.96. The van der Waals surface area contributed by atoms with Crippen molar-refractivity contribution in [2.45, 2.75) is 12.8 Å². The van der Waals surface area contributed by atoms with Crippen LogP contribution in [-0.2, 0) is 4.79 Å². The first-order valence-corrected chi connectivity index (χ1v) is 7.82. The van der Waals surface area contributed by atoms with Crippen LogP contribution in [0.5, 0.6) is 5.75 Å². The number of methoxy groups -OCH3 is 1. The van der Waals surface area contributed by atoms with Crippen LogP contribution >= 0.6 is 0 Å². The zero-order chi connectivity index (χ0) is 16.2. The molecule has 0 spiro atoms. The third-order valence-corrected chi connectivity index (χ3v) is 4.39. The summed E-state index contributed by atoms with van der Waals surface area (Å²) in [6.07, 6.45) is 3.46. The lowest BCUT2D eigenvalue weighted by molar-refractivity contribution is -0.122. The van der Waals surface area contributed by atoms with Gasteiger partial charge in [-0.25, -0.2) is 0 Å². The van der Waals surface area contributed by atoms with Gasteiger partial charge in [-0.1, -0.05) is 0 Å². The van der Waals surface area contributed by atoms with Crippen molar-refractivity contribution in [3.05, 3.63) is 42.6 Å². The molecule has 2 aromatic rings. The van der Waals surface area contributed by atoms with Gasteiger partial charge in [-0.05, 0) is 49.2 Å². The summed E-state index contributed by atoms with van der Waals surface area (Å²) in [6.45, 7) is 1.69. The Morgan fingerprint density at radius 3 is 2.52 bits per heavy atom. The molecule has 0 aliphatic carbocycles. The van der Waals surface area contributed by atoms with Crippen molar-refractivity contribution in [3.63, 3.8) is 0 Å². The van der Waals surface area contributed by atoms with E-state index < -0.39 is 0 Å². The van der Waals surface area contributed by atoms with Crippen LogP contribution in [0.25, 0.3) is 11.3 Å². The highest BCUT2D eigenvalue weighted by molar-refractivity contribution is 5.77. The number of aromatic nitrogens is 1. The maximum atomic E-state index is 11.3. The lowest BCUT2D eigenvalue weighted by Crippen LogP contribution is -2.38. The van der Waals surface area contributed by atoms with E-state index in [1.807, 2.05) is 36.5 Å². The number of nitrogens with zero attached hydrogens (tertiary/aromatic N) is 2. The summed E-state index contributed by atoms with van der Waals surface area (Å²) in [4.78, 5) is 18.0. The first-order valence-electron chi connectivity index (χ1n) is 7.82. The number of hydrogen-bond acceptors (Lipinski definition) is 4. The predicted octanol–water partition coefficient (Wildman–Crippen LogP) is 2.46. The number of carbonyl (C=O) groups excluding carboxylic acids is 1. The zero-order valence-electron chi connectivity index (χ0n) is 13.2. The molecule has 0 atom stereocenters. The molecule has 120 valence electrons. The lowest BCUT2D eigenvalue weighted by Gasteiger charge is -2.32. The summed E-state index contributed by atoms with van der Waals surface area (Å²) in [5.41, 5.74) is 8.52. The SMILES string of the molecule is COc1ccc(-c2cc(N3CCC(C(N)=O)CC3)ccn2)cc1. The highest BCUT2D eigenvalue weighted by Crippen LogP contribution is 2.27. The smallest absolute Gasteiger partial charge is 0.220 e. The monoisotopic (exact) mass is 311 g/mol. The topological polar surface area (TPSA) is 68.5 Å². The second kappa shape index (κ2) is 6.69. The standard InChI is InChI=1S/C18H21N3O2/c1-23-16-4-2-13(3-5-16)17-12-15(6-9-20-17)21-10-7-14(8-11-21)18(19)22/h2-6,9,12,14H,7-8,10-11H2,1H3,(H2,19,22). The first-order chi connectivity index (χ1) is 11.2. The molecule has 1 aromatic carbocycles. The second-order valence-electron chi connectivity index (χ2n) is 5.79. The average Bonchev–Trinajstić information content (AvgIpc) is 2.62. The van der Waals surface area contributed by atoms with Crippen molar-refractivity contribution in [2.24, 2.45) is 11.7 Å². The van der Waals surface area contributed by atoms with Crippen molar-refractivity contribution in [1.82, 2.24) is 4.98 Å². The third kappa shape index (κ3) is 3.44. The van der Waals surface area contributed by atoms with Crippen molar-refractivity contribution in [3.8, 4) is 17.0 Å². The molecule has 5 nitrogen and oxygen atoms in total. The Kier molecular flexibility index (Phi) is 4.46. The van der Waals surface area contributed by atoms with Crippen LogP contribution in [0.4, 0.5) is 5.69 Å². The van der Waals surface area contributed by atoms with Crippen LogP contribution in [0, 0.1) is 5.92 Å². The van der Waals surface area contributed by atoms with Crippen molar-refractivity contribution in [2.75, 3.05) is 25.1 Å². The third-order valence-electron chi connectivity index (χ3n) is 4.39. The van der Waals surface area contributed by atoms with Gasteiger partial charge in [0.25, 0.3) is 0 Å². The molecule has 0 unspecified atom stereocenters. The molecule has 5 heteroatoms. The van der Waals surface area contributed by atoms with E-state index in [1.165, 1.54) is 0 Å². The predicted molar refractivity (Wildman–Crippen MR) is 90.4 cm³/mol. The number of rotatable bonds is 4. The summed E-state index contributed by atoms with van der Waals surface area (Å²) in [6, 6.07) is 12.0. The number of piperidine rings is 1. The number of nitrogens with two attached hydrogens (primary N) is 1. The fraction of sp³-hybridized carbons (Fsp3) is 0.333. The highest BCUT2D eigenvalue weighted by atomic mass is 16.5. The zero-order valence-corrected chi connectivity index (χ0v) is 13.2. The van der Waals surface area contributed by atoms with Gasteiger partial charge in [0, 0.05) is 36.5 Å². The normalized spacial score (nSPS) is 15.4. The van der Waals surface area contributed by atoms with Gasteiger partial charge in [0.15, 0.2) is 0 Å². The van der Waals surface area contributed by atoms with Crippen LogP contribution < -0.4 is 15.4 Å². The van der Waals surface area contributed by atoms with Crippen LogP contribution in [-0.4, -0.2) is 31.1 Å². The van der Waals surface area contributed by atoms with Crippen LogP contribution in [0.3, 0.4) is 0 Å². The molecular weight excluding hydrogens is 290 g/mol. The molecule has 1 aliphatic heterocycles. The molecular formula is C18H21N3O2. The molecule has 2 heterocycles. The molecule has 0 radical (unpaired) electrons. The van der Waals surface area contributed by atoms with Crippen molar-refractivity contribution in [1.29, 1.82) is 0 Å². The Hall–Kier alpha value is -2.56. The van der Waals surface area contributed by atoms with Gasteiger partial charge in [0.1, 0.15) is 5.75 Å². The summed E-state index contributed by atoms with van der Waals surface area (Å²) < 4.78 is 5.19. The van der Waals surface area contributed by atoms with E-state index >= 15 is 0 Å². The van der Waals surface area contributed by atoms with E-state index in [1.54, 1.807) is 7.11 Å². The summed E-state index contributed by atoms with van der Waals surface area (Å²) >= 11 is 0. The van der Waals surface area contributed by atoms with E-state index in [-0.39, 0.29) is 11.8 Å². The van der Waals surface area contributed by atoms with Gasteiger partial charge < -0.3 is 15.4 Å². The molecule has 1 saturated heterocycles. The van der Waals surface area contributed by atoms with E-state index in [9.17, 15) is 4.79 Å². The Morgan fingerprint density at radius 1 is 1.22 bits per heavy atom. The summed E-state index contributed by atoms with van der Waals surface area (Å²) in [5.74, 6) is 0.658. The summed E-state index contributed by atoms with van der Waals surface area (Å²) in [5, 5.41) is 0. The van der Waals surface area contributed by atoms with Gasteiger partial charge in [0.2, 0.25) is 5.91 Å². The maximum absolute atomic E-state index is 11.3. The first kappa shape index (κ1) is 15.3. The molecule has 0 bridgehead atoms. The highest BCUT2D eigenvalue weighted by Gasteiger charge is 2.23. The molecule has 2 N–H and O–H groups in total. The molecule has 1 aliphatic rings. The number of primary amides is 1. The molecule has 3 rings (SSSR count). The fourth-order valence-electron chi connectivity index (χ4n) is 2.96. The second-order valence-corrected chi connectivity index (χ2v) is 5.79. The van der Waals surface area contributed by atoms with Gasteiger partial charge in [-0.15, -0.1) is 0 Å². The van der Waals surface area contributed by atoms with E-state index in [4.69, 9.17) is 10.5 Å². The van der Waals surface area contributed by atoms with Gasteiger partial charge in [0.05, 0.1) is 12.8 Å². The number of amides is 1. The number of hydrogen-bond donors (Lipinski definition) is 1. The minimum atomic E-state index is -0.182. The average molecular weight is 311 g/mol. The van der Waals surface area contributed by atoms with Gasteiger partial charge in [-0.3, -0.25) is 9.78 Å². The lowest BCUT2D eigenvalue weighted by atomic mass is 9.96. The molecule has 23 heavy (non-hydrogen) atoms. The number of carbonyl (C=O) groups is 1. The number of anilines is 1. The molecule has 1 amide bonds. The Balaban J connectivity index is 1.76. The Labute approximate surface area is 136 Å². The van der Waals surface area contributed by atoms with Crippen molar-refractivity contribution >= 4 is 11.6 Å².